The predicted molar refractivity (Wildman–Crippen MR) is 141 cm³/mol. The Morgan fingerprint density at radius 3 is 2.22 bits per heavy atom. The molecule has 202 valence electrons. The Hall–Kier alpha value is -1.96. The Morgan fingerprint density at radius 1 is 0.946 bits per heavy atom. The number of Topliss-reactive ketones (excluding diaryl/α,β-unsaturated/α-hetero) is 2. The molecule has 0 aromatic carbocycles. The molecule has 37 heavy (non-hydrogen) atoms. The first-order chi connectivity index (χ1) is 17.0. The third-order valence-electron chi connectivity index (χ3n) is 13.1. The lowest BCUT2D eigenvalue weighted by Gasteiger charge is -2.71. The molecule has 4 unspecified atom stereocenters. The minimum atomic E-state index is -0.628. The SMILES string of the molecule is COC(=O)[C@]12CCC(C)(C)CC1C1C(=O)CC3[C@@]4(C)C=C(C#N)C(=O)C(C)(C)C4CC[C@@]3(C)[C@]1(C)CC2. The maximum atomic E-state index is 14.4. The standard InChI is InChI=1S/C32H45NO4/c1-27(2)11-13-32(26(36)37-8)14-12-31(7)24(20(32)17-27)21(34)15-23-29(5)16-19(18-33)25(35)28(3,4)22(29)9-10-30(23,31)6/h16,20,22-24H,9-15,17H2,1-8H3/t20?,22?,23?,24?,29-,30+,31+,32-/m0/s1. The van der Waals surface area contributed by atoms with Crippen LogP contribution in [-0.4, -0.2) is 24.6 Å². The van der Waals surface area contributed by atoms with Crippen LogP contribution in [0.4, 0.5) is 0 Å². The largest absolute Gasteiger partial charge is 0.469 e. The highest BCUT2D eigenvalue weighted by molar-refractivity contribution is 6.04. The third kappa shape index (κ3) is 3.17. The fourth-order valence-corrected chi connectivity index (χ4v) is 10.9. The number of allylic oxidation sites excluding steroid dienone is 2. The highest BCUT2D eigenvalue weighted by Crippen LogP contribution is 2.75. The van der Waals surface area contributed by atoms with Crippen molar-refractivity contribution in [2.45, 2.75) is 99.8 Å². The first kappa shape index (κ1) is 26.6. The zero-order valence-corrected chi connectivity index (χ0v) is 24.1. The number of fused-ring (bicyclic) bond motifs is 7. The van der Waals surface area contributed by atoms with Crippen molar-refractivity contribution >= 4 is 17.5 Å². The van der Waals surface area contributed by atoms with E-state index < -0.39 is 16.2 Å². The molecular weight excluding hydrogens is 462 g/mol. The van der Waals surface area contributed by atoms with Gasteiger partial charge >= 0.3 is 5.97 Å². The molecule has 5 nitrogen and oxygen atoms in total. The smallest absolute Gasteiger partial charge is 0.312 e. The normalized spacial score (nSPS) is 47.8. The van der Waals surface area contributed by atoms with Crippen LogP contribution in [0, 0.1) is 67.5 Å². The highest BCUT2D eigenvalue weighted by Gasteiger charge is 2.73. The Balaban J connectivity index is 1.65. The lowest BCUT2D eigenvalue weighted by atomic mass is 9.31. The van der Waals surface area contributed by atoms with Gasteiger partial charge in [0.2, 0.25) is 0 Å². The predicted octanol–water partition coefficient (Wildman–Crippen LogP) is 6.46. The average molecular weight is 508 g/mol. The third-order valence-corrected chi connectivity index (χ3v) is 13.1. The number of esters is 1. The highest BCUT2D eigenvalue weighted by atomic mass is 16.5. The van der Waals surface area contributed by atoms with Gasteiger partial charge in [-0.25, -0.2) is 0 Å². The topological polar surface area (TPSA) is 84.2 Å². The number of carbonyl (C=O) groups excluding carboxylic acids is 3. The molecule has 0 aromatic rings. The second-order valence-electron chi connectivity index (χ2n) is 15.3. The molecule has 0 aromatic heterocycles. The van der Waals surface area contributed by atoms with Crippen LogP contribution in [0.3, 0.4) is 0 Å². The van der Waals surface area contributed by atoms with Crippen molar-refractivity contribution in [3.63, 3.8) is 0 Å². The number of carbonyl (C=O) groups is 3. The number of methoxy groups -OCH3 is 1. The second-order valence-corrected chi connectivity index (χ2v) is 15.3. The van der Waals surface area contributed by atoms with Gasteiger partial charge in [0.15, 0.2) is 5.78 Å². The number of nitrogens with zero attached hydrogens (tertiary/aromatic N) is 1. The van der Waals surface area contributed by atoms with Gasteiger partial charge in [0.25, 0.3) is 0 Å². The molecule has 0 amide bonds. The fourth-order valence-electron chi connectivity index (χ4n) is 10.9. The number of ketones is 2. The number of nitriles is 1. The van der Waals surface area contributed by atoms with Crippen LogP contribution in [0.25, 0.3) is 0 Å². The molecule has 0 aliphatic heterocycles. The van der Waals surface area contributed by atoms with Crippen molar-refractivity contribution in [1.29, 1.82) is 5.26 Å². The number of hydrogen-bond acceptors (Lipinski definition) is 5. The van der Waals surface area contributed by atoms with E-state index in [0.717, 1.165) is 44.9 Å². The maximum absolute atomic E-state index is 14.4. The summed E-state index contributed by atoms with van der Waals surface area (Å²) < 4.78 is 5.42. The first-order valence-corrected chi connectivity index (χ1v) is 14.3. The van der Waals surface area contributed by atoms with Gasteiger partial charge in [0.1, 0.15) is 11.9 Å². The zero-order valence-electron chi connectivity index (χ0n) is 24.1. The van der Waals surface area contributed by atoms with Crippen LogP contribution in [-0.2, 0) is 19.1 Å². The van der Waals surface area contributed by atoms with Crippen molar-refractivity contribution in [1.82, 2.24) is 0 Å². The van der Waals surface area contributed by atoms with E-state index in [-0.39, 0.29) is 63.0 Å². The summed E-state index contributed by atoms with van der Waals surface area (Å²) in [6.45, 7) is 15.5. The Kier molecular flexibility index (Phi) is 5.61. The fraction of sp³-hybridized carbons (Fsp3) is 0.812. The van der Waals surface area contributed by atoms with Gasteiger partial charge in [0.05, 0.1) is 18.1 Å². The van der Waals surface area contributed by atoms with Crippen LogP contribution in [0.15, 0.2) is 11.6 Å². The summed E-state index contributed by atoms with van der Waals surface area (Å²) in [5.41, 5.74) is -1.63. The molecule has 4 saturated carbocycles. The van der Waals surface area contributed by atoms with Gasteiger partial charge in [-0.15, -0.1) is 0 Å². The monoisotopic (exact) mass is 507 g/mol. The van der Waals surface area contributed by atoms with Crippen molar-refractivity contribution in [3.05, 3.63) is 11.6 Å². The maximum Gasteiger partial charge on any atom is 0.312 e. The molecule has 5 rings (SSSR count). The molecule has 0 heterocycles. The van der Waals surface area contributed by atoms with Gasteiger partial charge in [-0.1, -0.05) is 54.5 Å². The minimum absolute atomic E-state index is 0.00663. The zero-order chi connectivity index (χ0) is 27.4. The van der Waals surface area contributed by atoms with Crippen molar-refractivity contribution in [3.8, 4) is 6.07 Å². The summed E-state index contributed by atoms with van der Waals surface area (Å²) in [5, 5.41) is 9.88. The molecular formula is C32H45NO4. The van der Waals surface area contributed by atoms with Gasteiger partial charge in [-0.3, -0.25) is 14.4 Å². The van der Waals surface area contributed by atoms with E-state index in [4.69, 9.17) is 4.74 Å². The summed E-state index contributed by atoms with van der Waals surface area (Å²) >= 11 is 0. The van der Waals surface area contributed by atoms with E-state index in [9.17, 15) is 19.6 Å². The van der Waals surface area contributed by atoms with Crippen molar-refractivity contribution in [2.24, 2.45) is 56.2 Å². The summed E-state index contributed by atoms with van der Waals surface area (Å²) in [5.74, 6) is 0.0839. The van der Waals surface area contributed by atoms with Crippen molar-refractivity contribution < 1.29 is 19.1 Å². The van der Waals surface area contributed by atoms with E-state index >= 15 is 0 Å². The van der Waals surface area contributed by atoms with E-state index in [1.165, 1.54) is 7.11 Å². The lowest BCUT2D eigenvalue weighted by molar-refractivity contribution is -0.226. The molecule has 4 fully saturated rings. The van der Waals surface area contributed by atoms with Crippen molar-refractivity contribution in [2.75, 3.05) is 7.11 Å². The van der Waals surface area contributed by atoms with E-state index in [0.29, 0.717) is 6.42 Å². The number of hydrogen-bond donors (Lipinski definition) is 0. The molecule has 8 atom stereocenters. The Morgan fingerprint density at radius 2 is 1.59 bits per heavy atom. The van der Waals surface area contributed by atoms with E-state index in [1.54, 1.807) is 0 Å². The minimum Gasteiger partial charge on any atom is -0.469 e. The summed E-state index contributed by atoms with van der Waals surface area (Å²) in [4.78, 5) is 41.0. The van der Waals surface area contributed by atoms with Crippen LogP contribution in [0.1, 0.15) is 99.8 Å². The van der Waals surface area contributed by atoms with E-state index in [2.05, 4.69) is 40.7 Å². The molecule has 5 aliphatic rings. The van der Waals surface area contributed by atoms with Crippen LogP contribution < -0.4 is 0 Å². The molecule has 0 N–H and O–H groups in total. The molecule has 0 spiro atoms. The number of rotatable bonds is 1. The van der Waals surface area contributed by atoms with Crippen LogP contribution in [0.5, 0.6) is 0 Å². The molecule has 0 saturated heterocycles. The number of ether oxygens (including phenoxy) is 1. The van der Waals surface area contributed by atoms with Crippen LogP contribution >= 0.6 is 0 Å². The quantitative estimate of drug-likeness (QED) is 0.380. The summed E-state index contributed by atoms with van der Waals surface area (Å²) in [6.07, 6.45) is 8.52. The first-order valence-electron chi connectivity index (χ1n) is 14.3. The van der Waals surface area contributed by atoms with Crippen LogP contribution in [0.2, 0.25) is 0 Å². The van der Waals surface area contributed by atoms with Gasteiger partial charge < -0.3 is 4.74 Å². The lowest BCUT2D eigenvalue weighted by Crippen LogP contribution is -2.69. The molecule has 5 aliphatic carbocycles. The summed E-state index contributed by atoms with van der Waals surface area (Å²) in [7, 11) is 1.50. The molecule has 5 heteroatoms. The Labute approximate surface area is 222 Å². The van der Waals surface area contributed by atoms with Gasteiger partial charge in [-0.2, -0.15) is 5.26 Å². The second kappa shape index (κ2) is 7.80. The Bertz CT molecular complexity index is 1140. The summed E-state index contributed by atoms with van der Waals surface area (Å²) in [6, 6.07) is 2.20. The van der Waals surface area contributed by atoms with Gasteiger partial charge in [0, 0.05) is 17.8 Å². The van der Waals surface area contributed by atoms with E-state index in [1.807, 2.05) is 19.9 Å². The molecule has 0 radical (unpaired) electrons. The molecule has 0 bridgehead atoms. The van der Waals surface area contributed by atoms with Gasteiger partial charge in [-0.05, 0) is 84.4 Å². The average Bonchev–Trinajstić information content (AvgIpc) is 2.82.